The number of hydrogen-bond donors (Lipinski definition) is 0. The van der Waals surface area contributed by atoms with Crippen LogP contribution < -0.4 is 4.90 Å². The molecule has 1 aliphatic rings. The lowest BCUT2D eigenvalue weighted by Gasteiger charge is -2.36. The minimum Gasteiger partial charge on any atom is -0.367 e. The van der Waals surface area contributed by atoms with Crippen LogP contribution in [-0.2, 0) is 9.84 Å². The number of anilines is 1. The summed E-state index contributed by atoms with van der Waals surface area (Å²) < 4.78 is 37.5. The topological polar surface area (TPSA) is 125 Å². The van der Waals surface area contributed by atoms with Crippen LogP contribution in [0.1, 0.15) is 15.9 Å². The number of nitrogens with zero attached hydrogens (tertiary/aromatic N) is 4. The molecule has 0 N–H and O–H groups in total. The van der Waals surface area contributed by atoms with Crippen molar-refractivity contribution in [2.24, 2.45) is 0 Å². The SMILES string of the molecule is CS(=O)(=O)c1cc(C(=O)N2CCN(c3cccc(F)c3C#N)CC2)cc([N+](=O)[O-])c1. The molecular formula is C19H17FN4O5S. The van der Waals surface area contributed by atoms with Gasteiger partial charge in [-0.05, 0) is 18.2 Å². The molecule has 0 saturated carbocycles. The lowest BCUT2D eigenvalue weighted by Crippen LogP contribution is -2.49. The second kappa shape index (κ2) is 8.08. The molecule has 9 nitrogen and oxygen atoms in total. The lowest BCUT2D eigenvalue weighted by atomic mass is 10.1. The van der Waals surface area contributed by atoms with E-state index in [2.05, 4.69) is 0 Å². The summed E-state index contributed by atoms with van der Waals surface area (Å²) in [5.41, 5.74) is -0.229. The number of rotatable bonds is 4. The Morgan fingerprint density at radius 3 is 2.43 bits per heavy atom. The van der Waals surface area contributed by atoms with Gasteiger partial charge in [0.25, 0.3) is 11.6 Å². The van der Waals surface area contributed by atoms with Crippen LogP contribution in [0.2, 0.25) is 0 Å². The lowest BCUT2D eigenvalue weighted by molar-refractivity contribution is -0.385. The first kappa shape index (κ1) is 21.2. The highest BCUT2D eigenvalue weighted by Gasteiger charge is 2.26. The minimum absolute atomic E-state index is 0.0752. The van der Waals surface area contributed by atoms with E-state index in [1.807, 2.05) is 6.07 Å². The van der Waals surface area contributed by atoms with E-state index in [1.54, 1.807) is 11.0 Å². The number of sulfone groups is 1. The fourth-order valence-electron chi connectivity index (χ4n) is 3.25. The Morgan fingerprint density at radius 1 is 1.20 bits per heavy atom. The number of nitriles is 1. The summed E-state index contributed by atoms with van der Waals surface area (Å²) in [5, 5.41) is 20.3. The minimum atomic E-state index is -3.75. The molecular weight excluding hydrogens is 415 g/mol. The van der Waals surface area contributed by atoms with Gasteiger partial charge in [0.1, 0.15) is 17.4 Å². The molecule has 0 unspecified atom stereocenters. The van der Waals surface area contributed by atoms with Crippen molar-refractivity contribution in [2.75, 3.05) is 37.3 Å². The average Bonchev–Trinajstić information content (AvgIpc) is 2.72. The largest absolute Gasteiger partial charge is 0.367 e. The fraction of sp³-hybridized carbons (Fsp3) is 0.263. The number of halogens is 1. The van der Waals surface area contributed by atoms with Crippen molar-refractivity contribution in [3.8, 4) is 6.07 Å². The van der Waals surface area contributed by atoms with E-state index >= 15 is 0 Å². The second-order valence-electron chi connectivity index (χ2n) is 6.77. The van der Waals surface area contributed by atoms with Gasteiger partial charge in [-0.3, -0.25) is 14.9 Å². The van der Waals surface area contributed by atoms with Crippen LogP contribution in [0, 0.1) is 27.3 Å². The third kappa shape index (κ3) is 4.23. The third-order valence-corrected chi connectivity index (χ3v) is 5.88. The van der Waals surface area contributed by atoms with E-state index in [0.717, 1.165) is 24.5 Å². The van der Waals surface area contributed by atoms with Crippen LogP contribution in [0.25, 0.3) is 0 Å². The van der Waals surface area contributed by atoms with E-state index in [-0.39, 0.29) is 29.1 Å². The van der Waals surface area contributed by atoms with Gasteiger partial charge in [0, 0.05) is 50.1 Å². The number of nitro benzene ring substituents is 1. The van der Waals surface area contributed by atoms with Crippen molar-refractivity contribution in [3.63, 3.8) is 0 Å². The molecule has 1 fully saturated rings. The first-order valence-corrected chi connectivity index (χ1v) is 10.7. The van der Waals surface area contributed by atoms with Gasteiger partial charge < -0.3 is 9.80 Å². The molecule has 0 aromatic heterocycles. The zero-order chi connectivity index (χ0) is 22.1. The van der Waals surface area contributed by atoms with E-state index in [1.165, 1.54) is 17.0 Å². The molecule has 1 heterocycles. The van der Waals surface area contributed by atoms with Crippen LogP contribution in [0.3, 0.4) is 0 Å². The Labute approximate surface area is 172 Å². The van der Waals surface area contributed by atoms with E-state index < -0.39 is 32.2 Å². The number of benzene rings is 2. The number of carbonyl (C=O) groups is 1. The van der Waals surface area contributed by atoms with Crippen LogP contribution >= 0.6 is 0 Å². The monoisotopic (exact) mass is 432 g/mol. The normalized spacial score (nSPS) is 14.3. The summed E-state index contributed by atoms with van der Waals surface area (Å²) in [7, 11) is -3.75. The predicted octanol–water partition coefficient (Wildman–Crippen LogP) is 1.97. The Hall–Kier alpha value is -3.52. The van der Waals surface area contributed by atoms with Gasteiger partial charge in [-0.2, -0.15) is 5.26 Å². The molecule has 1 saturated heterocycles. The molecule has 11 heteroatoms. The predicted molar refractivity (Wildman–Crippen MR) is 105 cm³/mol. The number of carbonyl (C=O) groups excluding carboxylic acids is 1. The summed E-state index contributed by atoms with van der Waals surface area (Å²) in [5.74, 6) is -1.17. The van der Waals surface area contributed by atoms with Gasteiger partial charge in [0.05, 0.1) is 15.5 Å². The molecule has 0 aliphatic carbocycles. The van der Waals surface area contributed by atoms with E-state index in [0.29, 0.717) is 18.8 Å². The zero-order valence-corrected chi connectivity index (χ0v) is 16.7. The quantitative estimate of drug-likeness (QED) is 0.534. The van der Waals surface area contributed by atoms with E-state index in [4.69, 9.17) is 0 Å². The Kier molecular flexibility index (Phi) is 5.71. The van der Waals surface area contributed by atoms with Crippen molar-refractivity contribution in [3.05, 3.63) is 63.5 Å². The molecule has 0 radical (unpaired) electrons. The van der Waals surface area contributed by atoms with Crippen molar-refractivity contribution >= 4 is 27.1 Å². The first-order chi connectivity index (χ1) is 14.1. The van der Waals surface area contributed by atoms with Gasteiger partial charge in [0.15, 0.2) is 9.84 Å². The molecule has 156 valence electrons. The van der Waals surface area contributed by atoms with Gasteiger partial charge >= 0.3 is 0 Å². The molecule has 0 spiro atoms. The first-order valence-electron chi connectivity index (χ1n) is 8.84. The fourth-order valence-corrected chi connectivity index (χ4v) is 3.92. The standard InChI is InChI=1S/C19H17FN4O5S/c1-30(28,29)15-10-13(9-14(11-15)24(26)27)19(25)23-7-5-22(6-8-23)18-4-2-3-17(20)16(18)12-21/h2-4,9-11H,5-8H2,1H3. The molecule has 0 atom stereocenters. The van der Waals surface area contributed by atoms with Crippen LogP contribution in [0.5, 0.6) is 0 Å². The maximum absolute atomic E-state index is 13.9. The molecule has 3 rings (SSSR count). The Bertz CT molecular complexity index is 1170. The van der Waals surface area contributed by atoms with Gasteiger partial charge in [-0.1, -0.05) is 6.07 Å². The highest BCUT2D eigenvalue weighted by atomic mass is 32.2. The van der Waals surface area contributed by atoms with Crippen molar-refractivity contribution in [1.82, 2.24) is 4.90 Å². The molecule has 1 aliphatic heterocycles. The van der Waals surface area contributed by atoms with Crippen LogP contribution in [0.15, 0.2) is 41.3 Å². The van der Waals surface area contributed by atoms with Crippen LogP contribution in [0.4, 0.5) is 15.8 Å². The summed E-state index contributed by atoms with van der Waals surface area (Å²) in [4.78, 5) is 26.1. The smallest absolute Gasteiger partial charge is 0.271 e. The van der Waals surface area contributed by atoms with Gasteiger partial charge in [-0.15, -0.1) is 0 Å². The number of piperazine rings is 1. The maximum atomic E-state index is 13.9. The average molecular weight is 432 g/mol. The molecule has 2 aromatic carbocycles. The maximum Gasteiger partial charge on any atom is 0.271 e. The highest BCUT2D eigenvalue weighted by molar-refractivity contribution is 7.90. The van der Waals surface area contributed by atoms with Crippen LogP contribution in [-0.4, -0.2) is 56.6 Å². The van der Waals surface area contributed by atoms with E-state index in [9.17, 15) is 33.0 Å². The molecule has 2 aromatic rings. The molecule has 30 heavy (non-hydrogen) atoms. The summed E-state index contributed by atoms with van der Waals surface area (Å²) in [6, 6.07) is 9.24. The number of nitro groups is 1. The molecule has 1 amide bonds. The third-order valence-electron chi connectivity index (χ3n) is 4.79. The van der Waals surface area contributed by atoms with Crippen molar-refractivity contribution in [2.45, 2.75) is 4.90 Å². The zero-order valence-electron chi connectivity index (χ0n) is 15.9. The number of amides is 1. The molecule has 0 bridgehead atoms. The van der Waals surface area contributed by atoms with Crippen molar-refractivity contribution in [1.29, 1.82) is 5.26 Å². The Balaban J connectivity index is 1.83. The summed E-state index contributed by atoms with van der Waals surface area (Å²) >= 11 is 0. The summed E-state index contributed by atoms with van der Waals surface area (Å²) in [6.07, 6.45) is 0.908. The second-order valence-corrected chi connectivity index (χ2v) is 8.79. The van der Waals surface area contributed by atoms with Gasteiger partial charge in [-0.25, -0.2) is 12.8 Å². The number of hydrogen-bond acceptors (Lipinski definition) is 7. The highest BCUT2D eigenvalue weighted by Crippen LogP contribution is 2.25. The number of non-ortho nitro benzene ring substituents is 1. The Morgan fingerprint density at radius 2 is 1.87 bits per heavy atom. The summed E-state index contributed by atoms with van der Waals surface area (Å²) in [6.45, 7) is 1.07. The van der Waals surface area contributed by atoms with Crippen molar-refractivity contribution < 1.29 is 22.5 Å². The van der Waals surface area contributed by atoms with Gasteiger partial charge in [0.2, 0.25) is 0 Å².